The molecule has 6 heteroatoms. The van der Waals surface area contributed by atoms with E-state index in [1.54, 1.807) is 0 Å². The van der Waals surface area contributed by atoms with Crippen LogP contribution in [0.5, 0.6) is 11.5 Å². The van der Waals surface area contributed by atoms with E-state index in [0.29, 0.717) is 13.2 Å². The molecular formula is C23H24N2O4. The van der Waals surface area contributed by atoms with Crippen LogP contribution in [0.4, 0.5) is 0 Å². The Morgan fingerprint density at radius 3 is 2.10 bits per heavy atom. The van der Waals surface area contributed by atoms with Crippen LogP contribution in [0.1, 0.15) is 11.1 Å². The second-order valence-corrected chi connectivity index (χ2v) is 7.61. The summed E-state index contributed by atoms with van der Waals surface area (Å²) in [5.41, 5.74) is 5.17. The van der Waals surface area contributed by atoms with Crippen molar-refractivity contribution in [3.05, 3.63) is 59.8 Å². The Kier molecular flexibility index (Phi) is 4.73. The van der Waals surface area contributed by atoms with Crippen molar-refractivity contribution >= 4 is 0 Å². The van der Waals surface area contributed by atoms with Gasteiger partial charge in [0.2, 0.25) is 0 Å². The Bertz CT molecular complexity index is 941. The van der Waals surface area contributed by atoms with E-state index in [0.717, 1.165) is 52.8 Å². The van der Waals surface area contributed by atoms with Crippen LogP contribution in [0.25, 0.3) is 16.9 Å². The summed E-state index contributed by atoms with van der Waals surface area (Å²) in [4.78, 5) is 0. The van der Waals surface area contributed by atoms with Crippen molar-refractivity contribution in [1.29, 1.82) is 0 Å². The maximum absolute atomic E-state index is 5.82. The number of hydrogen-bond donors (Lipinski definition) is 0. The van der Waals surface area contributed by atoms with Gasteiger partial charge in [0.25, 0.3) is 0 Å². The van der Waals surface area contributed by atoms with E-state index in [9.17, 15) is 0 Å². The number of ether oxygens (including phenoxy) is 4. The molecular weight excluding hydrogens is 368 g/mol. The van der Waals surface area contributed by atoms with Crippen molar-refractivity contribution in [2.75, 3.05) is 26.4 Å². The molecule has 0 amide bonds. The Morgan fingerprint density at radius 2 is 1.52 bits per heavy atom. The molecule has 0 saturated carbocycles. The molecule has 3 aromatic rings. The quantitative estimate of drug-likeness (QED) is 0.547. The van der Waals surface area contributed by atoms with Gasteiger partial charge in [-0.3, -0.25) is 0 Å². The first-order valence-electron chi connectivity index (χ1n) is 9.92. The van der Waals surface area contributed by atoms with E-state index in [2.05, 4.69) is 19.1 Å². The fourth-order valence-electron chi connectivity index (χ4n) is 3.22. The number of nitrogens with zero attached hydrogens (tertiary/aromatic N) is 2. The number of epoxide rings is 2. The number of rotatable bonds is 8. The smallest absolute Gasteiger partial charge is 0.122 e. The minimum Gasteiger partial charge on any atom is -0.491 e. The molecule has 2 unspecified atom stereocenters. The highest BCUT2D eigenvalue weighted by molar-refractivity contribution is 5.62. The molecule has 1 aromatic heterocycles. The van der Waals surface area contributed by atoms with Crippen molar-refractivity contribution in [3.63, 3.8) is 0 Å². The van der Waals surface area contributed by atoms with Gasteiger partial charge in [-0.2, -0.15) is 5.10 Å². The fourth-order valence-corrected chi connectivity index (χ4v) is 3.22. The second-order valence-electron chi connectivity index (χ2n) is 7.61. The maximum atomic E-state index is 5.82. The standard InChI is InChI=1S/C23H24N2O4/c1-15-9-17(3-5-22(15)28-13-19-11-26-19)21-7-8-25(24-21)18-4-6-23(16(2)10-18)29-14-20-12-27-20/h3-10,19-20H,11-14H2,1-2H3. The van der Waals surface area contributed by atoms with Crippen LogP contribution >= 0.6 is 0 Å². The SMILES string of the molecule is Cc1cc(-c2ccn(-c3ccc(OCC4CO4)c(C)c3)n2)ccc1OCC1CO1. The van der Waals surface area contributed by atoms with Gasteiger partial charge in [0.15, 0.2) is 0 Å². The van der Waals surface area contributed by atoms with Crippen LogP contribution in [-0.2, 0) is 9.47 Å². The van der Waals surface area contributed by atoms with Crippen molar-refractivity contribution in [1.82, 2.24) is 9.78 Å². The molecule has 2 aliphatic rings. The summed E-state index contributed by atoms with van der Waals surface area (Å²) in [7, 11) is 0. The lowest BCUT2D eigenvalue weighted by Crippen LogP contribution is -2.05. The zero-order chi connectivity index (χ0) is 19.8. The molecule has 2 fully saturated rings. The minimum atomic E-state index is 0.255. The van der Waals surface area contributed by atoms with E-state index in [1.165, 1.54) is 0 Å². The van der Waals surface area contributed by atoms with Crippen LogP contribution in [0.2, 0.25) is 0 Å². The Morgan fingerprint density at radius 1 is 0.897 bits per heavy atom. The summed E-state index contributed by atoms with van der Waals surface area (Å²) in [6, 6.07) is 14.3. The molecule has 0 bridgehead atoms. The predicted octanol–water partition coefficient (Wildman–Crippen LogP) is 3.71. The molecule has 0 spiro atoms. The van der Waals surface area contributed by atoms with Gasteiger partial charge in [0.05, 0.1) is 24.6 Å². The highest BCUT2D eigenvalue weighted by atomic mass is 16.6. The molecule has 6 nitrogen and oxygen atoms in total. The van der Waals surface area contributed by atoms with Gasteiger partial charge < -0.3 is 18.9 Å². The zero-order valence-electron chi connectivity index (χ0n) is 16.6. The molecule has 0 radical (unpaired) electrons. The Hall–Kier alpha value is -2.83. The van der Waals surface area contributed by atoms with Gasteiger partial charge in [-0.1, -0.05) is 0 Å². The van der Waals surface area contributed by atoms with E-state index >= 15 is 0 Å². The number of aryl methyl sites for hydroxylation is 2. The molecule has 2 aromatic carbocycles. The van der Waals surface area contributed by atoms with Crippen LogP contribution in [-0.4, -0.2) is 48.4 Å². The first kappa shape index (κ1) is 18.2. The molecule has 2 saturated heterocycles. The third-order valence-corrected chi connectivity index (χ3v) is 5.14. The Balaban J connectivity index is 1.30. The summed E-state index contributed by atoms with van der Waals surface area (Å²) in [6.07, 6.45) is 2.49. The average molecular weight is 392 g/mol. The maximum Gasteiger partial charge on any atom is 0.122 e. The first-order valence-corrected chi connectivity index (χ1v) is 9.92. The lowest BCUT2D eigenvalue weighted by atomic mass is 10.1. The van der Waals surface area contributed by atoms with Crippen molar-refractivity contribution in [2.45, 2.75) is 26.1 Å². The van der Waals surface area contributed by atoms with Crippen molar-refractivity contribution in [2.24, 2.45) is 0 Å². The zero-order valence-corrected chi connectivity index (χ0v) is 16.6. The number of aromatic nitrogens is 2. The van der Waals surface area contributed by atoms with E-state index < -0.39 is 0 Å². The van der Waals surface area contributed by atoms with Crippen LogP contribution in [0, 0.1) is 13.8 Å². The van der Waals surface area contributed by atoms with Crippen LogP contribution in [0.15, 0.2) is 48.7 Å². The topological polar surface area (TPSA) is 61.3 Å². The Labute approximate surface area is 170 Å². The summed E-state index contributed by atoms with van der Waals surface area (Å²) in [5, 5.41) is 4.76. The fraction of sp³-hybridized carbons (Fsp3) is 0.348. The summed E-state index contributed by atoms with van der Waals surface area (Å²) < 4.78 is 23.9. The lowest BCUT2D eigenvalue weighted by Gasteiger charge is -2.10. The van der Waals surface area contributed by atoms with Gasteiger partial charge in [-0.05, 0) is 67.4 Å². The van der Waals surface area contributed by atoms with Gasteiger partial charge in [0.1, 0.15) is 36.9 Å². The molecule has 2 atom stereocenters. The number of benzene rings is 2. The highest BCUT2D eigenvalue weighted by Crippen LogP contribution is 2.27. The predicted molar refractivity (Wildman–Crippen MR) is 109 cm³/mol. The van der Waals surface area contributed by atoms with Crippen LogP contribution < -0.4 is 9.47 Å². The van der Waals surface area contributed by atoms with Gasteiger partial charge in [0, 0.05) is 11.8 Å². The molecule has 0 aliphatic carbocycles. The molecule has 0 N–H and O–H groups in total. The summed E-state index contributed by atoms with van der Waals surface area (Å²) >= 11 is 0. The molecule has 3 heterocycles. The third kappa shape index (κ3) is 4.28. The largest absolute Gasteiger partial charge is 0.491 e. The highest BCUT2D eigenvalue weighted by Gasteiger charge is 2.24. The van der Waals surface area contributed by atoms with Crippen molar-refractivity contribution < 1.29 is 18.9 Å². The van der Waals surface area contributed by atoms with E-state index in [-0.39, 0.29) is 12.2 Å². The van der Waals surface area contributed by atoms with Gasteiger partial charge in [-0.25, -0.2) is 4.68 Å². The minimum absolute atomic E-state index is 0.255. The molecule has 5 rings (SSSR count). The second kappa shape index (κ2) is 7.54. The van der Waals surface area contributed by atoms with Gasteiger partial charge >= 0.3 is 0 Å². The first-order chi connectivity index (χ1) is 14.2. The molecule has 29 heavy (non-hydrogen) atoms. The molecule has 2 aliphatic heterocycles. The normalized spacial score (nSPS) is 19.8. The van der Waals surface area contributed by atoms with Crippen molar-refractivity contribution in [3.8, 4) is 28.4 Å². The lowest BCUT2D eigenvalue weighted by molar-refractivity contribution is 0.262. The van der Waals surface area contributed by atoms with E-state index in [4.69, 9.17) is 24.0 Å². The monoisotopic (exact) mass is 392 g/mol. The third-order valence-electron chi connectivity index (χ3n) is 5.14. The number of hydrogen-bond acceptors (Lipinski definition) is 5. The molecule has 150 valence electrons. The summed E-state index contributed by atoms with van der Waals surface area (Å²) in [5.74, 6) is 1.78. The van der Waals surface area contributed by atoms with Gasteiger partial charge in [-0.15, -0.1) is 0 Å². The summed E-state index contributed by atoms with van der Waals surface area (Å²) in [6.45, 7) is 6.93. The van der Waals surface area contributed by atoms with Crippen LogP contribution in [0.3, 0.4) is 0 Å². The average Bonchev–Trinajstić information content (AvgIpc) is 3.65. The van der Waals surface area contributed by atoms with E-state index in [1.807, 2.05) is 48.1 Å².